The molecule has 35 heavy (non-hydrogen) atoms. The monoisotopic (exact) mass is 469 g/mol. The van der Waals surface area contributed by atoms with Crippen molar-refractivity contribution >= 4 is 24.1 Å². The van der Waals surface area contributed by atoms with E-state index in [0.717, 1.165) is 11.1 Å². The summed E-state index contributed by atoms with van der Waals surface area (Å²) in [5, 5.41) is 13.0. The third-order valence-electron chi connectivity index (χ3n) is 5.21. The third kappa shape index (κ3) is 5.33. The van der Waals surface area contributed by atoms with Crippen LogP contribution in [0.25, 0.3) is 12.2 Å². The maximum atomic E-state index is 12.0. The molecular formula is C27H23N3O5. The van der Waals surface area contributed by atoms with Gasteiger partial charge in [-0.2, -0.15) is 14.6 Å². The molecule has 0 bridgehead atoms. The van der Waals surface area contributed by atoms with Gasteiger partial charge in [0.25, 0.3) is 0 Å². The van der Waals surface area contributed by atoms with Crippen molar-refractivity contribution in [1.82, 2.24) is 0 Å². The molecule has 1 aliphatic heterocycles. The average Bonchev–Trinajstić information content (AvgIpc) is 3.27. The van der Waals surface area contributed by atoms with Crippen molar-refractivity contribution in [3.05, 3.63) is 107 Å². The van der Waals surface area contributed by atoms with Gasteiger partial charge in [-0.05, 0) is 42.3 Å². The molecule has 1 aromatic heterocycles. The van der Waals surface area contributed by atoms with E-state index in [1.54, 1.807) is 55.7 Å². The number of aliphatic carboxylic acids is 1. The van der Waals surface area contributed by atoms with Crippen LogP contribution in [-0.4, -0.2) is 25.2 Å². The van der Waals surface area contributed by atoms with Crippen LogP contribution in [0.15, 0.2) is 95.2 Å². The number of esters is 1. The van der Waals surface area contributed by atoms with E-state index < -0.39 is 17.7 Å². The molecule has 2 heterocycles. The summed E-state index contributed by atoms with van der Waals surface area (Å²) in [5.41, 5.74) is 2.16. The quantitative estimate of drug-likeness (QED) is 0.201. The summed E-state index contributed by atoms with van der Waals surface area (Å²) in [5.74, 6) is -3.04. The standard InChI is InChI=1S/C27H23N3O5/c1-19(2)25(31)35-18-17-34-22-11-9-20(10-12-22)7-8-21-13-15-30(16-14-21)27(26(32)33)28-23-5-3-4-6-24(23)29-27/h3-16H,1,17-18H2,2H3. The molecule has 176 valence electrons. The van der Waals surface area contributed by atoms with Crippen molar-refractivity contribution in [2.24, 2.45) is 9.98 Å². The number of fused-ring (bicyclic) bond motifs is 1. The molecule has 0 unspecified atom stereocenters. The Morgan fingerprint density at radius 2 is 1.51 bits per heavy atom. The number of carbonyl (C=O) groups excluding carboxylic acids is 2. The number of aromatic nitrogens is 1. The zero-order valence-corrected chi connectivity index (χ0v) is 19.1. The van der Waals surface area contributed by atoms with E-state index in [9.17, 15) is 14.7 Å². The third-order valence-corrected chi connectivity index (χ3v) is 5.21. The Hall–Kier alpha value is -4.59. The Bertz CT molecular complexity index is 1380. The fraction of sp³-hybridized carbons (Fsp3) is 0.148. The number of carboxylic acid groups (broad SMARTS) is 1. The molecule has 1 aliphatic rings. The second-order valence-corrected chi connectivity index (χ2v) is 7.84. The summed E-state index contributed by atoms with van der Waals surface area (Å²) in [6, 6.07) is 18.0. The minimum atomic E-state index is -1.86. The highest BCUT2D eigenvalue weighted by Gasteiger charge is 2.43. The number of para-hydroxylation sites is 2. The van der Waals surface area contributed by atoms with E-state index in [1.165, 1.54) is 4.57 Å². The topological polar surface area (TPSA) is 104 Å². The molecule has 8 heteroatoms. The van der Waals surface area contributed by atoms with E-state index >= 15 is 0 Å². The van der Waals surface area contributed by atoms with Crippen LogP contribution in [0.5, 0.6) is 5.75 Å². The van der Waals surface area contributed by atoms with Crippen molar-refractivity contribution in [3.8, 4) is 5.75 Å². The van der Waals surface area contributed by atoms with Gasteiger partial charge in [-0.15, -0.1) is 0 Å². The lowest BCUT2D eigenvalue weighted by Crippen LogP contribution is -2.62. The summed E-state index contributed by atoms with van der Waals surface area (Å²) >= 11 is 0. The Morgan fingerprint density at radius 3 is 2.06 bits per heavy atom. The maximum absolute atomic E-state index is 12.0. The first-order valence-corrected chi connectivity index (χ1v) is 10.9. The molecule has 0 atom stereocenters. The lowest BCUT2D eigenvalue weighted by atomic mass is 10.1. The number of rotatable bonds is 9. The van der Waals surface area contributed by atoms with Crippen molar-refractivity contribution in [3.63, 3.8) is 0 Å². The molecule has 4 rings (SSSR count). The number of carbonyl (C=O) groups is 2. The van der Waals surface area contributed by atoms with E-state index in [0.29, 0.717) is 22.0 Å². The van der Waals surface area contributed by atoms with Crippen molar-refractivity contribution in [1.29, 1.82) is 0 Å². The molecule has 0 radical (unpaired) electrons. The number of hydrogen-bond acceptors (Lipinski definition) is 7. The Labute approximate surface area is 201 Å². The number of ether oxygens (including phenoxy) is 2. The highest BCUT2D eigenvalue weighted by Crippen LogP contribution is 2.16. The van der Waals surface area contributed by atoms with Crippen molar-refractivity contribution in [2.75, 3.05) is 13.2 Å². The van der Waals surface area contributed by atoms with Gasteiger partial charge in [-0.1, -0.05) is 43.0 Å². The number of carboxylic acids is 1. The van der Waals surface area contributed by atoms with E-state index in [2.05, 4.69) is 16.6 Å². The largest absolute Gasteiger partial charge is 0.540 e. The van der Waals surface area contributed by atoms with Crippen LogP contribution in [0.3, 0.4) is 0 Å². The molecule has 0 fully saturated rings. The van der Waals surface area contributed by atoms with Gasteiger partial charge in [-0.25, -0.2) is 4.79 Å². The first-order valence-electron chi connectivity index (χ1n) is 10.9. The molecule has 3 aromatic rings. The predicted octanol–water partition coefficient (Wildman–Crippen LogP) is 0.956. The van der Waals surface area contributed by atoms with Crippen LogP contribution in [-0.2, 0) is 20.1 Å². The van der Waals surface area contributed by atoms with Gasteiger partial charge in [0.1, 0.15) is 19.0 Å². The normalized spacial score (nSPS) is 13.4. The molecule has 0 aliphatic carbocycles. The molecule has 0 amide bonds. The summed E-state index contributed by atoms with van der Waals surface area (Å²) in [6.45, 7) is 5.51. The molecular weight excluding hydrogens is 446 g/mol. The molecule has 2 aromatic carbocycles. The Kier molecular flexibility index (Phi) is 6.82. The minimum absolute atomic E-state index is 0.146. The summed E-state index contributed by atoms with van der Waals surface area (Å²) in [4.78, 5) is 31.9. The number of pyridine rings is 1. The fourth-order valence-corrected chi connectivity index (χ4v) is 3.37. The van der Waals surface area contributed by atoms with Gasteiger partial charge < -0.3 is 19.4 Å². The fourth-order valence-electron chi connectivity index (χ4n) is 3.37. The smallest absolute Gasteiger partial charge is 0.404 e. The SMILES string of the molecule is C=C(C)C(=O)OCCOc1ccc(C=Cc2cc[n+](C3(C(=O)[O-])N=c4ccccc4=N3)cc2)cc1. The maximum Gasteiger partial charge on any atom is 0.404 e. The molecule has 0 saturated heterocycles. The average molecular weight is 469 g/mol. The Morgan fingerprint density at radius 1 is 0.943 bits per heavy atom. The first kappa shape index (κ1) is 23.6. The van der Waals surface area contributed by atoms with Gasteiger partial charge >= 0.3 is 11.8 Å². The first-order chi connectivity index (χ1) is 16.9. The molecule has 8 nitrogen and oxygen atoms in total. The zero-order chi connectivity index (χ0) is 24.8. The van der Waals surface area contributed by atoms with Gasteiger partial charge in [0, 0.05) is 17.7 Å². The van der Waals surface area contributed by atoms with Crippen LogP contribution in [0.2, 0.25) is 0 Å². The Balaban J connectivity index is 1.39. The van der Waals surface area contributed by atoms with E-state index in [4.69, 9.17) is 9.47 Å². The van der Waals surface area contributed by atoms with Crippen LogP contribution >= 0.6 is 0 Å². The van der Waals surface area contributed by atoms with E-state index in [-0.39, 0.29) is 13.2 Å². The predicted molar refractivity (Wildman–Crippen MR) is 125 cm³/mol. The van der Waals surface area contributed by atoms with Crippen LogP contribution in [0, 0.1) is 0 Å². The summed E-state index contributed by atoms with van der Waals surface area (Å²) in [6.07, 6.45) is 7.06. The number of hydrogen-bond donors (Lipinski definition) is 0. The summed E-state index contributed by atoms with van der Waals surface area (Å²) in [7, 11) is 0. The molecule has 0 N–H and O–H groups in total. The van der Waals surface area contributed by atoms with Gasteiger partial charge in [-0.3, -0.25) is 0 Å². The van der Waals surface area contributed by atoms with Gasteiger partial charge in [0.15, 0.2) is 18.4 Å². The second-order valence-electron chi connectivity index (χ2n) is 7.84. The van der Waals surface area contributed by atoms with Crippen LogP contribution < -0.4 is 25.1 Å². The van der Waals surface area contributed by atoms with Crippen LogP contribution in [0.4, 0.5) is 0 Å². The molecule has 0 spiro atoms. The number of benzene rings is 2. The number of nitrogens with zero attached hydrogens (tertiary/aromatic N) is 3. The zero-order valence-electron chi connectivity index (χ0n) is 19.1. The second kappa shape index (κ2) is 10.1. The molecule has 0 saturated carbocycles. The van der Waals surface area contributed by atoms with Gasteiger partial charge in [0.05, 0.1) is 10.7 Å². The lowest BCUT2D eigenvalue weighted by Gasteiger charge is -2.17. The van der Waals surface area contributed by atoms with Gasteiger partial charge in [0.2, 0.25) is 0 Å². The van der Waals surface area contributed by atoms with Crippen molar-refractivity contribution < 1.29 is 28.7 Å². The lowest BCUT2D eigenvalue weighted by molar-refractivity contribution is -0.753. The van der Waals surface area contributed by atoms with Crippen molar-refractivity contribution in [2.45, 2.75) is 12.7 Å². The highest BCUT2D eigenvalue weighted by molar-refractivity contribution is 5.86. The van der Waals surface area contributed by atoms with E-state index in [1.807, 2.05) is 36.4 Å². The highest BCUT2D eigenvalue weighted by atomic mass is 16.6. The van der Waals surface area contributed by atoms with Crippen LogP contribution in [0.1, 0.15) is 18.1 Å². The minimum Gasteiger partial charge on any atom is -0.540 e. The summed E-state index contributed by atoms with van der Waals surface area (Å²) < 4.78 is 12.0.